The first-order valence-electron chi connectivity index (χ1n) is 6.93. The van der Waals surface area contributed by atoms with E-state index >= 15 is 0 Å². The Kier molecular flexibility index (Phi) is 4.15. The minimum Gasteiger partial charge on any atom is -0.384 e. The summed E-state index contributed by atoms with van der Waals surface area (Å²) >= 11 is 0. The topological polar surface area (TPSA) is 23.5 Å². The van der Waals surface area contributed by atoms with E-state index in [2.05, 4.69) is 32.9 Å². The highest BCUT2D eigenvalue weighted by molar-refractivity contribution is 5.50. The number of rotatable bonds is 3. The smallest absolute Gasteiger partial charge is 0.104 e. The van der Waals surface area contributed by atoms with Crippen molar-refractivity contribution < 1.29 is 5.11 Å². The zero-order valence-corrected chi connectivity index (χ0v) is 12.9. The summed E-state index contributed by atoms with van der Waals surface area (Å²) in [5.41, 5.74) is 6.64. The molecule has 0 amide bonds. The molecule has 2 heteroatoms. The zero-order valence-electron chi connectivity index (χ0n) is 12.9. The van der Waals surface area contributed by atoms with Crippen LogP contribution in [0.25, 0.3) is 0 Å². The predicted molar refractivity (Wildman–Crippen MR) is 85.5 cm³/mol. The van der Waals surface area contributed by atoms with Crippen LogP contribution in [0.2, 0.25) is 0 Å². The SMILES string of the molecule is Cc1cc(C)c(C(O)c2cccc(N(C)C)c2)cc1C. The molecule has 1 atom stereocenters. The molecule has 0 heterocycles. The molecule has 0 aromatic heterocycles. The van der Waals surface area contributed by atoms with Gasteiger partial charge in [-0.05, 0) is 60.7 Å². The van der Waals surface area contributed by atoms with Crippen molar-refractivity contribution in [3.63, 3.8) is 0 Å². The van der Waals surface area contributed by atoms with E-state index in [1.54, 1.807) is 0 Å². The van der Waals surface area contributed by atoms with Crippen LogP contribution in [0.15, 0.2) is 36.4 Å². The predicted octanol–water partition coefficient (Wildman–Crippen LogP) is 3.76. The Morgan fingerprint density at radius 2 is 1.55 bits per heavy atom. The van der Waals surface area contributed by atoms with Crippen molar-refractivity contribution >= 4 is 5.69 Å². The van der Waals surface area contributed by atoms with Crippen LogP contribution < -0.4 is 4.90 Å². The molecule has 0 radical (unpaired) electrons. The summed E-state index contributed by atoms with van der Waals surface area (Å²) in [5.74, 6) is 0. The van der Waals surface area contributed by atoms with E-state index in [9.17, 15) is 5.11 Å². The molecule has 2 aromatic rings. The van der Waals surface area contributed by atoms with Gasteiger partial charge in [0.15, 0.2) is 0 Å². The van der Waals surface area contributed by atoms with Gasteiger partial charge in [-0.25, -0.2) is 0 Å². The van der Waals surface area contributed by atoms with Gasteiger partial charge in [-0.1, -0.05) is 24.3 Å². The largest absolute Gasteiger partial charge is 0.384 e. The summed E-state index contributed by atoms with van der Waals surface area (Å²) < 4.78 is 0. The van der Waals surface area contributed by atoms with Crippen molar-refractivity contribution in [1.29, 1.82) is 0 Å². The lowest BCUT2D eigenvalue weighted by molar-refractivity contribution is 0.219. The Hall–Kier alpha value is -1.80. The van der Waals surface area contributed by atoms with E-state index in [0.29, 0.717) is 0 Å². The molecule has 106 valence electrons. The molecule has 2 aromatic carbocycles. The van der Waals surface area contributed by atoms with E-state index in [4.69, 9.17) is 0 Å². The van der Waals surface area contributed by atoms with Crippen molar-refractivity contribution in [1.82, 2.24) is 0 Å². The highest BCUT2D eigenvalue weighted by atomic mass is 16.3. The third-order valence-corrected chi connectivity index (χ3v) is 3.88. The average Bonchev–Trinajstić information content (AvgIpc) is 2.42. The number of nitrogens with zero attached hydrogens (tertiary/aromatic N) is 1. The lowest BCUT2D eigenvalue weighted by Crippen LogP contribution is -2.10. The van der Waals surface area contributed by atoms with Gasteiger partial charge in [-0.2, -0.15) is 0 Å². The molecule has 0 aliphatic carbocycles. The van der Waals surface area contributed by atoms with Crippen LogP contribution in [0.1, 0.15) is 33.9 Å². The number of benzene rings is 2. The summed E-state index contributed by atoms with van der Waals surface area (Å²) in [6.45, 7) is 6.24. The van der Waals surface area contributed by atoms with E-state index in [-0.39, 0.29) is 0 Å². The second-order valence-electron chi connectivity index (χ2n) is 5.69. The molecule has 0 saturated carbocycles. The minimum atomic E-state index is -0.575. The van der Waals surface area contributed by atoms with Crippen LogP contribution in [-0.4, -0.2) is 19.2 Å². The van der Waals surface area contributed by atoms with Crippen LogP contribution >= 0.6 is 0 Å². The standard InChI is InChI=1S/C18H23NO/c1-12-9-14(3)17(10-13(12)2)18(20)15-7-6-8-16(11-15)19(4)5/h6-11,18,20H,1-5H3. The third kappa shape index (κ3) is 2.86. The first-order chi connectivity index (χ1) is 9.40. The number of hydrogen-bond donors (Lipinski definition) is 1. The molecule has 1 N–H and O–H groups in total. The highest BCUT2D eigenvalue weighted by Crippen LogP contribution is 2.28. The molecule has 20 heavy (non-hydrogen) atoms. The summed E-state index contributed by atoms with van der Waals surface area (Å²) in [6.07, 6.45) is -0.575. The van der Waals surface area contributed by atoms with E-state index in [1.807, 2.05) is 43.3 Å². The van der Waals surface area contributed by atoms with Crippen LogP contribution in [0.5, 0.6) is 0 Å². The van der Waals surface area contributed by atoms with Crippen molar-refractivity contribution in [2.75, 3.05) is 19.0 Å². The van der Waals surface area contributed by atoms with Crippen LogP contribution in [0, 0.1) is 20.8 Å². The Morgan fingerprint density at radius 3 is 2.20 bits per heavy atom. The molecule has 0 spiro atoms. The molecule has 0 aliphatic heterocycles. The summed E-state index contributed by atoms with van der Waals surface area (Å²) in [6, 6.07) is 12.3. The van der Waals surface area contributed by atoms with E-state index in [0.717, 1.165) is 22.4 Å². The van der Waals surface area contributed by atoms with Crippen molar-refractivity contribution in [2.45, 2.75) is 26.9 Å². The van der Waals surface area contributed by atoms with Gasteiger partial charge in [0.2, 0.25) is 0 Å². The van der Waals surface area contributed by atoms with E-state index < -0.39 is 6.10 Å². The molecule has 0 saturated heterocycles. The van der Waals surface area contributed by atoms with Gasteiger partial charge < -0.3 is 10.0 Å². The average molecular weight is 269 g/mol. The maximum Gasteiger partial charge on any atom is 0.104 e. The van der Waals surface area contributed by atoms with Crippen molar-refractivity contribution in [2.24, 2.45) is 0 Å². The number of hydrogen-bond acceptors (Lipinski definition) is 2. The molecule has 1 unspecified atom stereocenters. The van der Waals surface area contributed by atoms with Crippen LogP contribution in [-0.2, 0) is 0 Å². The Morgan fingerprint density at radius 1 is 0.900 bits per heavy atom. The summed E-state index contributed by atoms with van der Waals surface area (Å²) in [5, 5.41) is 10.7. The van der Waals surface area contributed by atoms with Crippen LogP contribution in [0.4, 0.5) is 5.69 Å². The fourth-order valence-corrected chi connectivity index (χ4v) is 2.43. The lowest BCUT2D eigenvalue weighted by Gasteiger charge is -2.19. The van der Waals surface area contributed by atoms with Gasteiger partial charge in [0, 0.05) is 19.8 Å². The normalized spacial score (nSPS) is 12.3. The van der Waals surface area contributed by atoms with Crippen molar-refractivity contribution in [3.05, 3.63) is 64.2 Å². The van der Waals surface area contributed by atoms with Crippen molar-refractivity contribution in [3.8, 4) is 0 Å². The Balaban J connectivity index is 2.43. The molecular formula is C18H23NO. The van der Waals surface area contributed by atoms with E-state index in [1.165, 1.54) is 11.1 Å². The molecule has 0 fully saturated rings. The highest BCUT2D eigenvalue weighted by Gasteiger charge is 2.14. The quantitative estimate of drug-likeness (QED) is 0.917. The lowest BCUT2D eigenvalue weighted by atomic mass is 9.93. The van der Waals surface area contributed by atoms with Gasteiger partial charge in [-0.3, -0.25) is 0 Å². The van der Waals surface area contributed by atoms with Crippen LogP contribution in [0.3, 0.4) is 0 Å². The number of aliphatic hydroxyl groups excluding tert-OH is 1. The number of aliphatic hydroxyl groups is 1. The fourth-order valence-electron chi connectivity index (χ4n) is 2.43. The van der Waals surface area contributed by atoms with Gasteiger partial charge in [0.1, 0.15) is 6.10 Å². The summed E-state index contributed by atoms with van der Waals surface area (Å²) in [7, 11) is 4.01. The Bertz CT molecular complexity index is 617. The van der Waals surface area contributed by atoms with Gasteiger partial charge >= 0.3 is 0 Å². The number of anilines is 1. The maximum absolute atomic E-state index is 10.7. The second kappa shape index (κ2) is 5.68. The van der Waals surface area contributed by atoms with Gasteiger partial charge in [0.05, 0.1) is 0 Å². The first kappa shape index (κ1) is 14.6. The molecular weight excluding hydrogens is 246 g/mol. The molecule has 0 bridgehead atoms. The minimum absolute atomic E-state index is 0.575. The molecule has 2 nitrogen and oxygen atoms in total. The first-order valence-corrected chi connectivity index (χ1v) is 6.93. The monoisotopic (exact) mass is 269 g/mol. The molecule has 2 rings (SSSR count). The second-order valence-corrected chi connectivity index (χ2v) is 5.69. The third-order valence-electron chi connectivity index (χ3n) is 3.88. The maximum atomic E-state index is 10.7. The van der Waals surface area contributed by atoms with Gasteiger partial charge in [0.25, 0.3) is 0 Å². The summed E-state index contributed by atoms with van der Waals surface area (Å²) in [4.78, 5) is 2.05. The fraction of sp³-hybridized carbons (Fsp3) is 0.333. The molecule has 0 aliphatic rings. The van der Waals surface area contributed by atoms with Gasteiger partial charge in [-0.15, -0.1) is 0 Å². The zero-order chi connectivity index (χ0) is 14.9. The number of aryl methyl sites for hydroxylation is 3. The Labute approximate surface area is 121 Å².